The van der Waals surface area contributed by atoms with Crippen molar-refractivity contribution >= 4 is 10.1 Å². The Hall–Kier alpha value is -0.980. The highest BCUT2D eigenvalue weighted by Gasteiger charge is 2.55. The van der Waals surface area contributed by atoms with E-state index in [4.69, 9.17) is 4.55 Å². The second-order valence-electron chi connectivity index (χ2n) is 4.84. The second kappa shape index (κ2) is 4.36. The molecule has 1 aromatic carbocycles. The molecule has 0 aromatic heterocycles. The Labute approximate surface area is 101 Å². The lowest BCUT2D eigenvalue weighted by molar-refractivity contribution is -0.924. The highest BCUT2D eigenvalue weighted by molar-refractivity contribution is 7.86. The third kappa shape index (κ3) is 2.83. The first-order valence-electron chi connectivity index (χ1n) is 5.09. The lowest BCUT2D eigenvalue weighted by Gasteiger charge is -2.36. The number of benzene rings is 1. The average molecular weight is 262 g/mol. The van der Waals surface area contributed by atoms with Crippen molar-refractivity contribution in [2.24, 2.45) is 0 Å². The van der Waals surface area contributed by atoms with Crippen LogP contribution >= 0.6 is 0 Å². The summed E-state index contributed by atoms with van der Waals surface area (Å²) >= 11 is 0. The Morgan fingerprint density at radius 2 is 1.71 bits per heavy atom. The van der Waals surface area contributed by atoms with Crippen molar-refractivity contribution in [2.75, 3.05) is 21.1 Å². The monoisotopic (exact) mass is 262 g/mol. The van der Waals surface area contributed by atoms with Gasteiger partial charge in [0.25, 0.3) is 0 Å². The van der Waals surface area contributed by atoms with E-state index in [1.807, 2.05) is 0 Å². The molecule has 4 nitrogen and oxygen atoms in total. The van der Waals surface area contributed by atoms with Crippen molar-refractivity contribution in [3.8, 4) is 0 Å². The number of hydrogen-bond acceptors (Lipinski definition) is 2. The first-order chi connectivity index (χ1) is 7.58. The topological polar surface area (TPSA) is 54.4 Å². The molecule has 1 aromatic rings. The average Bonchev–Trinajstić information content (AvgIpc) is 2.15. The van der Waals surface area contributed by atoms with Gasteiger partial charge in [-0.25, -0.2) is 0 Å². The molecule has 0 saturated carbocycles. The number of halogens is 1. The predicted octanol–water partition coefficient (Wildman–Crippen LogP) is 1.45. The number of quaternary nitrogens is 1. The molecule has 0 radical (unpaired) electrons. The van der Waals surface area contributed by atoms with Crippen molar-refractivity contribution < 1.29 is 21.8 Å². The second-order valence-corrected chi connectivity index (χ2v) is 6.41. The molecule has 6 heteroatoms. The van der Waals surface area contributed by atoms with Crippen LogP contribution in [0, 0.1) is 0 Å². The van der Waals surface area contributed by atoms with E-state index in [0.29, 0.717) is 5.56 Å². The van der Waals surface area contributed by atoms with E-state index in [0.717, 1.165) is 0 Å². The van der Waals surface area contributed by atoms with Crippen LogP contribution in [0.4, 0.5) is 4.39 Å². The third-order valence-electron chi connectivity index (χ3n) is 2.66. The highest BCUT2D eigenvalue weighted by atomic mass is 32.2. The van der Waals surface area contributed by atoms with Crippen LogP contribution in [0.2, 0.25) is 0 Å². The summed E-state index contributed by atoms with van der Waals surface area (Å²) in [5.41, 5.74) is 0.515. The fraction of sp³-hybridized carbons (Fsp3) is 0.455. The molecule has 0 aliphatic heterocycles. The zero-order valence-corrected chi connectivity index (χ0v) is 10.9. The van der Waals surface area contributed by atoms with Crippen molar-refractivity contribution in [1.82, 2.24) is 0 Å². The van der Waals surface area contributed by atoms with Gasteiger partial charge in [0.15, 0.2) is 0 Å². The Morgan fingerprint density at radius 1 is 1.24 bits per heavy atom. The van der Waals surface area contributed by atoms with Crippen molar-refractivity contribution in [3.63, 3.8) is 0 Å². The maximum atomic E-state index is 14.6. The van der Waals surface area contributed by atoms with Crippen molar-refractivity contribution in [2.45, 2.75) is 11.5 Å². The molecule has 0 aliphatic carbocycles. The van der Waals surface area contributed by atoms with E-state index in [9.17, 15) is 12.8 Å². The quantitative estimate of drug-likeness (QED) is 0.507. The summed E-state index contributed by atoms with van der Waals surface area (Å²) < 4.78 is 45.8. The summed E-state index contributed by atoms with van der Waals surface area (Å²) in [4.78, 5) is 0. The minimum absolute atomic E-state index is 0.393. The molecule has 0 bridgehead atoms. The maximum absolute atomic E-state index is 14.6. The molecule has 0 fully saturated rings. The molecule has 1 unspecified atom stereocenters. The standard InChI is InChI=1S/C11H16FNO3S/c1-13(2,3)11(12,17(14,15)16)9-10-7-5-4-6-8-10/h4-8H,9H2,1-3H3/p+1. The van der Waals surface area contributed by atoms with Crippen LogP contribution < -0.4 is 0 Å². The number of nitrogens with zero attached hydrogens (tertiary/aromatic N) is 1. The molecule has 0 spiro atoms. The lowest BCUT2D eigenvalue weighted by Crippen LogP contribution is -2.59. The van der Waals surface area contributed by atoms with Gasteiger partial charge < -0.3 is 0 Å². The molecule has 17 heavy (non-hydrogen) atoms. The normalized spacial score (nSPS) is 16.5. The van der Waals surface area contributed by atoms with Gasteiger partial charge in [-0.3, -0.25) is 9.04 Å². The zero-order chi connectivity index (χ0) is 13.3. The van der Waals surface area contributed by atoms with Gasteiger partial charge in [-0.05, 0) is 5.56 Å². The summed E-state index contributed by atoms with van der Waals surface area (Å²) in [6.45, 7) is 0. The molecule has 0 aliphatic rings. The summed E-state index contributed by atoms with van der Waals surface area (Å²) in [6.07, 6.45) is -0.393. The van der Waals surface area contributed by atoms with Crippen LogP contribution in [0.3, 0.4) is 0 Å². The molecule has 1 rings (SSSR count). The van der Waals surface area contributed by atoms with Gasteiger partial charge in [-0.15, -0.1) is 0 Å². The van der Waals surface area contributed by atoms with Crippen LogP contribution in [0.5, 0.6) is 0 Å². The first kappa shape index (κ1) is 14.1. The van der Waals surface area contributed by atoms with Gasteiger partial charge in [-0.1, -0.05) is 30.3 Å². The minimum atomic E-state index is -4.81. The van der Waals surface area contributed by atoms with Gasteiger partial charge >= 0.3 is 15.2 Å². The Kier molecular flexibility index (Phi) is 3.61. The summed E-state index contributed by atoms with van der Waals surface area (Å²) in [6, 6.07) is 8.37. The van der Waals surface area contributed by atoms with Crippen LogP contribution in [-0.2, 0) is 16.5 Å². The molecule has 0 amide bonds. The van der Waals surface area contributed by atoms with Gasteiger partial charge in [-0.2, -0.15) is 12.8 Å². The van der Waals surface area contributed by atoms with Crippen LogP contribution in [0.1, 0.15) is 5.56 Å². The molecule has 0 heterocycles. The van der Waals surface area contributed by atoms with E-state index in [-0.39, 0.29) is 0 Å². The number of alkyl halides is 1. The molecular weight excluding hydrogens is 245 g/mol. The number of likely N-dealkylation sites (N-methyl/N-ethyl adjacent to an activating group) is 1. The van der Waals surface area contributed by atoms with Gasteiger partial charge in [0, 0.05) is 0 Å². The third-order valence-corrected chi connectivity index (χ3v) is 4.14. The van der Waals surface area contributed by atoms with Crippen LogP contribution in [0.15, 0.2) is 30.3 Å². The van der Waals surface area contributed by atoms with Crippen molar-refractivity contribution in [3.05, 3.63) is 35.9 Å². The van der Waals surface area contributed by atoms with Crippen LogP contribution in [-0.4, -0.2) is 43.7 Å². The smallest absolute Gasteiger partial charge is 0.284 e. The largest absolute Gasteiger partial charge is 0.370 e. The molecular formula is C11H17FNO3S+. The number of hydrogen-bond donors (Lipinski definition) is 1. The Morgan fingerprint density at radius 3 is 2.06 bits per heavy atom. The fourth-order valence-electron chi connectivity index (χ4n) is 1.52. The van der Waals surface area contributed by atoms with Gasteiger partial charge in [0.05, 0.1) is 27.6 Å². The predicted molar refractivity (Wildman–Crippen MR) is 63.6 cm³/mol. The van der Waals surface area contributed by atoms with E-state index in [2.05, 4.69) is 0 Å². The fourth-order valence-corrected chi connectivity index (χ4v) is 2.56. The maximum Gasteiger partial charge on any atom is 0.370 e. The Bertz CT molecular complexity index is 481. The summed E-state index contributed by atoms with van der Waals surface area (Å²) in [5.74, 6) is 0. The van der Waals surface area contributed by atoms with Gasteiger partial charge in [0.1, 0.15) is 0 Å². The van der Waals surface area contributed by atoms with Crippen LogP contribution in [0.25, 0.3) is 0 Å². The molecule has 1 N–H and O–H groups in total. The zero-order valence-electron chi connectivity index (χ0n) is 10.1. The summed E-state index contributed by atoms with van der Waals surface area (Å²) in [7, 11) is -0.658. The van der Waals surface area contributed by atoms with E-state index in [1.165, 1.54) is 21.1 Å². The van der Waals surface area contributed by atoms with E-state index >= 15 is 0 Å². The SMILES string of the molecule is C[N+](C)(C)C(F)(Cc1ccccc1)S(=O)(=O)O. The minimum Gasteiger partial charge on any atom is -0.284 e. The highest BCUT2D eigenvalue weighted by Crippen LogP contribution is 2.30. The first-order valence-corrected chi connectivity index (χ1v) is 6.53. The molecule has 0 saturated heterocycles. The van der Waals surface area contributed by atoms with E-state index < -0.39 is 26.1 Å². The van der Waals surface area contributed by atoms with Gasteiger partial charge in [0.2, 0.25) is 0 Å². The molecule has 1 atom stereocenters. The summed E-state index contributed by atoms with van der Waals surface area (Å²) in [5, 5.41) is -2.76. The van der Waals surface area contributed by atoms with E-state index in [1.54, 1.807) is 30.3 Å². The van der Waals surface area contributed by atoms with Crippen molar-refractivity contribution in [1.29, 1.82) is 0 Å². The molecule has 96 valence electrons. The lowest BCUT2D eigenvalue weighted by atomic mass is 10.1. The Balaban J connectivity index is 3.20. The number of rotatable bonds is 4.